The Balaban J connectivity index is 2.00. The van der Waals surface area contributed by atoms with Gasteiger partial charge in [-0.1, -0.05) is 13.8 Å². The summed E-state index contributed by atoms with van der Waals surface area (Å²) in [7, 11) is 1.97. The molecule has 3 atom stereocenters. The third-order valence-electron chi connectivity index (χ3n) is 3.79. The standard InChI is InChI=1S/C13H24N4/c1-4-12-11(8-17(3)16-12)13(6-14)15-7-10-5-9(10)2/h8-10,13,15H,4-7,14H2,1-3H3. The van der Waals surface area contributed by atoms with Gasteiger partial charge in [0, 0.05) is 31.4 Å². The van der Waals surface area contributed by atoms with Crippen molar-refractivity contribution >= 4 is 0 Å². The molecule has 4 heteroatoms. The van der Waals surface area contributed by atoms with Crippen molar-refractivity contribution in [2.45, 2.75) is 32.7 Å². The van der Waals surface area contributed by atoms with Crippen LogP contribution in [0.25, 0.3) is 0 Å². The third kappa shape index (κ3) is 2.87. The van der Waals surface area contributed by atoms with E-state index in [1.807, 2.05) is 11.7 Å². The number of aryl methyl sites for hydroxylation is 2. The number of nitrogens with one attached hydrogen (secondary N) is 1. The van der Waals surface area contributed by atoms with Crippen molar-refractivity contribution in [3.8, 4) is 0 Å². The second-order valence-corrected chi connectivity index (χ2v) is 5.23. The van der Waals surface area contributed by atoms with Crippen LogP contribution in [0.4, 0.5) is 0 Å². The lowest BCUT2D eigenvalue weighted by atomic mass is 10.1. The van der Waals surface area contributed by atoms with Crippen LogP contribution in [0.3, 0.4) is 0 Å². The fraction of sp³-hybridized carbons (Fsp3) is 0.769. The van der Waals surface area contributed by atoms with Crippen LogP contribution in [0.15, 0.2) is 6.20 Å². The number of aromatic nitrogens is 2. The zero-order valence-corrected chi connectivity index (χ0v) is 11.1. The van der Waals surface area contributed by atoms with E-state index in [1.54, 1.807) is 0 Å². The van der Waals surface area contributed by atoms with Crippen LogP contribution in [-0.2, 0) is 13.5 Å². The van der Waals surface area contributed by atoms with Gasteiger partial charge in [0.05, 0.1) is 5.69 Å². The van der Waals surface area contributed by atoms with Crippen molar-refractivity contribution in [1.29, 1.82) is 0 Å². The molecule has 0 saturated heterocycles. The maximum atomic E-state index is 5.88. The molecule has 1 fully saturated rings. The summed E-state index contributed by atoms with van der Waals surface area (Å²) in [4.78, 5) is 0. The van der Waals surface area contributed by atoms with Gasteiger partial charge in [0.15, 0.2) is 0 Å². The lowest BCUT2D eigenvalue weighted by molar-refractivity contribution is 0.509. The Morgan fingerprint density at radius 1 is 1.65 bits per heavy atom. The van der Waals surface area contributed by atoms with E-state index in [0.717, 1.165) is 24.8 Å². The van der Waals surface area contributed by atoms with E-state index in [-0.39, 0.29) is 6.04 Å². The molecule has 1 aromatic rings. The molecule has 1 heterocycles. The van der Waals surface area contributed by atoms with Gasteiger partial charge in [0.1, 0.15) is 0 Å². The summed E-state index contributed by atoms with van der Waals surface area (Å²) in [6, 6.07) is 0.256. The number of rotatable bonds is 6. The lowest BCUT2D eigenvalue weighted by Gasteiger charge is -2.16. The first-order valence-electron chi connectivity index (χ1n) is 6.61. The average Bonchev–Trinajstić information content (AvgIpc) is 2.87. The van der Waals surface area contributed by atoms with E-state index >= 15 is 0 Å². The van der Waals surface area contributed by atoms with Gasteiger partial charge in [-0.2, -0.15) is 5.10 Å². The van der Waals surface area contributed by atoms with Gasteiger partial charge in [-0.25, -0.2) is 0 Å². The molecule has 3 N–H and O–H groups in total. The number of hydrogen-bond donors (Lipinski definition) is 2. The van der Waals surface area contributed by atoms with Crippen molar-refractivity contribution in [1.82, 2.24) is 15.1 Å². The monoisotopic (exact) mass is 236 g/mol. The maximum absolute atomic E-state index is 5.88. The molecule has 2 rings (SSSR count). The van der Waals surface area contributed by atoms with Crippen LogP contribution in [0.5, 0.6) is 0 Å². The Kier molecular flexibility index (Phi) is 3.84. The minimum Gasteiger partial charge on any atom is -0.329 e. The minimum absolute atomic E-state index is 0.256. The van der Waals surface area contributed by atoms with E-state index in [9.17, 15) is 0 Å². The highest BCUT2D eigenvalue weighted by molar-refractivity contribution is 5.22. The number of nitrogens with zero attached hydrogens (tertiary/aromatic N) is 2. The maximum Gasteiger partial charge on any atom is 0.0670 e. The van der Waals surface area contributed by atoms with Crippen LogP contribution in [0.2, 0.25) is 0 Å². The molecular formula is C13H24N4. The van der Waals surface area contributed by atoms with Crippen molar-refractivity contribution < 1.29 is 0 Å². The van der Waals surface area contributed by atoms with Crippen molar-refractivity contribution in [2.24, 2.45) is 24.6 Å². The Labute approximate surface area is 104 Å². The quantitative estimate of drug-likeness (QED) is 0.781. The molecule has 96 valence electrons. The predicted molar refractivity (Wildman–Crippen MR) is 69.7 cm³/mol. The smallest absolute Gasteiger partial charge is 0.0670 e. The van der Waals surface area contributed by atoms with Gasteiger partial charge in [0.2, 0.25) is 0 Å². The van der Waals surface area contributed by atoms with Gasteiger partial charge in [0.25, 0.3) is 0 Å². The van der Waals surface area contributed by atoms with Crippen LogP contribution in [0.1, 0.15) is 37.6 Å². The summed E-state index contributed by atoms with van der Waals surface area (Å²) >= 11 is 0. The molecule has 17 heavy (non-hydrogen) atoms. The van der Waals surface area contributed by atoms with Crippen molar-refractivity contribution in [3.63, 3.8) is 0 Å². The molecule has 0 aromatic carbocycles. The average molecular weight is 236 g/mol. The Morgan fingerprint density at radius 2 is 2.35 bits per heavy atom. The summed E-state index contributed by atoms with van der Waals surface area (Å²) in [5, 5.41) is 8.06. The highest BCUT2D eigenvalue weighted by Gasteiger charge is 2.32. The molecule has 0 spiro atoms. The van der Waals surface area contributed by atoms with Crippen molar-refractivity contribution in [2.75, 3.05) is 13.1 Å². The van der Waals surface area contributed by atoms with E-state index < -0.39 is 0 Å². The first-order chi connectivity index (χ1) is 8.15. The minimum atomic E-state index is 0.256. The fourth-order valence-corrected chi connectivity index (χ4v) is 2.42. The molecule has 0 aliphatic heterocycles. The van der Waals surface area contributed by atoms with Crippen molar-refractivity contribution in [3.05, 3.63) is 17.5 Å². The summed E-state index contributed by atoms with van der Waals surface area (Å²) in [5.41, 5.74) is 8.31. The molecule has 4 nitrogen and oxygen atoms in total. The largest absolute Gasteiger partial charge is 0.329 e. The van der Waals surface area contributed by atoms with Crippen LogP contribution >= 0.6 is 0 Å². The summed E-state index contributed by atoms with van der Waals surface area (Å²) in [5.74, 6) is 1.74. The third-order valence-corrected chi connectivity index (χ3v) is 3.79. The van der Waals surface area contributed by atoms with Gasteiger partial charge in [-0.15, -0.1) is 0 Å². The molecule has 0 bridgehead atoms. The normalized spacial score (nSPS) is 24.9. The van der Waals surface area contributed by atoms with E-state index in [0.29, 0.717) is 6.54 Å². The van der Waals surface area contributed by atoms with E-state index in [2.05, 4.69) is 30.5 Å². The van der Waals surface area contributed by atoms with E-state index in [1.165, 1.54) is 17.7 Å². The zero-order chi connectivity index (χ0) is 12.4. The molecule has 1 aliphatic rings. The van der Waals surface area contributed by atoms with Gasteiger partial charge in [-0.05, 0) is 31.2 Å². The summed E-state index contributed by atoms with van der Waals surface area (Å²) in [6.07, 6.45) is 4.42. The second kappa shape index (κ2) is 5.19. The number of hydrogen-bond acceptors (Lipinski definition) is 3. The first kappa shape index (κ1) is 12.6. The van der Waals surface area contributed by atoms with Gasteiger partial charge < -0.3 is 11.1 Å². The highest BCUT2D eigenvalue weighted by atomic mass is 15.3. The van der Waals surface area contributed by atoms with Crippen LogP contribution in [-0.4, -0.2) is 22.9 Å². The predicted octanol–water partition coefficient (Wildman–Crippen LogP) is 1.23. The zero-order valence-electron chi connectivity index (χ0n) is 11.1. The van der Waals surface area contributed by atoms with Crippen LogP contribution in [0, 0.1) is 11.8 Å². The van der Waals surface area contributed by atoms with Crippen LogP contribution < -0.4 is 11.1 Å². The lowest BCUT2D eigenvalue weighted by Crippen LogP contribution is -2.30. The molecule has 1 aromatic heterocycles. The highest BCUT2D eigenvalue weighted by Crippen LogP contribution is 2.37. The van der Waals surface area contributed by atoms with E-state index in [4.69, 9.17) is 5.73 Å². The molecule has 0 radical (unpaired) electrons. The summed E-state index contributed by atoms with van der Waals surface area (Å²) in [6.45, 7) is 6.18. The second-order valence-electron chi connectivity index (χ2n) is 5.23. The van der Waals surface area contributed by atoms with Gasteiger partial charge >= 0.3 is 0 Å². The fourth-order valence-electron chi connectivity index (χ4n) is 2.42. The Hall–Kier alpha value is -0.870. The van der Waals surface area contributed by atoms with Gasteiger partial charge in [-0.3, -0.25) is 4.68 Å². The summed E-state index contributed by atoms with van der Waals surface area (Å²) < 4.78 is 1.89. The Bertz CT molecular complexity index is 371. The Morgan fingerprint density at radius 3 is 2.88 bits per heavy atom. The molecule has 0 amide bonds. The SMILES string of the molecule is CCc1nn(C)cc1C(CN)NCC1CC1C. The molecule has 1 aliphatic carbocycles. The first-order valence-corrected chi connectivity index (χ1v) is 6.61. The molecule has 3 unspecified atom stereocenters. The molecule has 1 saturated carbocycles. The topological polar surface area (TPSA) is 55.9 Å². The molecular weight excluding hydrogens is 212 g/mol. The number of nitrogens with two attached hydrogens (primary N) is 1.